The summed E-state index contributed by atoms with van der Waals surface area (Å²) in [4.78, 5) is 26.4. The van der Waals surface area contributed by atoms with Gasteiger partial charge in [-0.15, -0.1) is 0 Å². The molecule has 0 saturated carbocycles. The molecule has 1 heterocycles. The Morgan fingerprint density at radius 3 is 2.52 bits per heavy atom. The van der Waals surface area contributed by atoms with Crippen LogP contribution in [0.3, 0.4) is 0 Å². The van der Waals surface area contributed by atoms with Gasteiger partial charge in [0.25, 0.3) is 5.91 Å². The second-order valence-corrected chi connectivity index (χ2v) is 7.27. The summed E-state index contributed by atoms with van der Waals surface area (Å²) in [7, 11) is 0. The molecular formula is C20H26ClN3O2S. The molecule has 5 nitrogen and oxygen atoms in total. The van der Waals surface area contributed by atoms with E-state index in [9.17, 15) is 9.59 Å². The molecule has 2 N–H and O–H groups in total. The van der Waals surface area contributed by atoms with Crippen molar-refractivity contribution in [1.82, 2.24) is 15.5 Å². The number of rotatable bonds is 10. The fraction of sp³-hybridized carbons (Fsp3) is 0.400. The highest BCUT2D eigenvalue weighted by atomic mass is 35.5. The average molecular weight is 408 g/mol. The topological polar surface area (TPSA) is 61.4 Å². The van der Waals surface area contributed by atoms with E-state index < -0.39 is 0 Å². The highest BCUT2D eigenvalue weighted by Crippen LogP contribution is 2.26. The van der Waals surface area contributed by atoms with Crippen molar-refractivity contribution in [2.24, 2.45) is 0 Å². The number of benzene rings is 1. The quantitative estimate of drug-likeness (QED) is 0.631. The van der Waals surface area contributed by atoms with Gasteiger partial charge >= 0.3 is 0 Å². The number of nitrogens with one attached hydrogen (secondary N) is 2. The number of likely N-dealkylation sites (N-methyl/N-ethyl adjacent to an activating group) is 1. The fourth-order valence-corrected chi connectivity index (χ4v) is 3.83. The molecule has 146 valence electrons. The summed E-state index contributed by atoms with van der Waals surface area (Å²) < 4.78 is 0. The van der Waals surface area contributed by atoms with E-state index in [1.807, 2.05) is 29.6 Å². The standard InChI is InChI=1S/C20H26ClN3O2S/c1-3-24(4-2)18(16-7-5-6-8-17(16)21)13-23-19(25)9-11-22-20(26)15-10-12-27-14-15/h5-8,10,12,14,18H,3-4,9,11,13H2,1-2H3,(H,22,26)(H,23,25)/t18-/m1/s1. The molecule has 2 amide bonds. The minimum Gasteiger partial charge on any atom is -0.354 e. The van der Waals surface area contributed by atoms with Crippen LogP contribution in [0.25, 0.3) is 0 Å². The van der Waals surface area contributed by atoms with E-state index in [-0.39, 0.29) is 24.3 Å². The third-order valence-corrected chi connectivity index (χ3v) is 5.46. The first-order chi connectivity index (χ1) is 13.1. The van der Waals surface area contributed by atoms with E-state index in [4.69, 9.17) is 11.6 Å². The van der Waals surface area contributed by atoms with Gasteiger partial charge in [0.15, 0.2) is 0 Å². The van der Waals surface area contributed by atoms with Gasteiger partial charge < -0.3 is 10.6 Å². The summed E-state index contributed by atoms with van der Waals surface area (Å²) in [5.41, 5.74) is 1.63. The van der Waals surface area contributed by atoms with Crippen molar-refractivity contribution in [1.29, 1.82) is 0 Å². The number of carbonyl (C=O) groups is 2. The maximum atomic E-state index is 12.2. The molecule has 1 atom stereocenters. The van der Waals surface area contributed by atoms with Crippen LogP contribution in [0.15, 0.2) is 41.1 Å². The van der Waals surface area contributed by atoms with Crippen molar-refractivity contribution in [2.45, 2.75) is 26.3 Å². The van der Waals surface area contributed by atoms with E-state index in [1.165, 1.54) is 11.3 Å². The molecule has 1 aromatic carbocycles. The van der Waals surface area contributed by atoms with E-state index in [0.29, 0.717) is 23.7 Å². The predicted octanol–water partition coefficient (Wildman–Crippen LogP) is 3.72. The highest BCUT2D eigenvalue weighted by Gasteiger charge is 2.21. The summed E-state index contributed by atoms with van der Waals surface area (Å²) in [6.07, 6.45) is 0.239. The zero-order chi connectivity index (χ0) is 19.6. The van der Waals surface area contributed by atoms with Gasteiger partial charge in [-0.25, -0.2) is 0 Å². The zero-order valence-corrected chi connectivity index (χ0v) is 17.3. The normalized spacial score (nSPS) is 12.0. The Hall–Kier alpha value is -1.89. The first kappa shape index (κ1) is 21.4. The lowest BCUT2D eigenvalue weighted by Gasteiger charge is -2.31. The number of hydrogen-bond donors (Lipinski definition) is 2. The van der Waals surface area contributed by atoms with Gasteiger partial charge in [-0.3, -0.25) is 14.5 Å². The number of carbonyl (C=O) groups excluding carboxylic acids is 2. The molecule has 0 aliphatic rings. The summed E-state index contributed by atoms with van der Waals surface area (Å²) in [5.74, 6) is -0.244. The Kier molecular flexibility index (Phi) is 8.78. The lowest BCUT2D eigenvalue weighted by molar-refractivity contribution is -0.121. The van der Waals surface area contributed by atoms with Gasteiger partial charge in [0.2, 0.25) is 5.91 Å². The van der Waals surface area contributed by atoms with Crippen LogP contribution in [-0.4, -0.2) is 42.9 Å². The molecule has 0 fully saturated rings. The maximum Gasteiger partial charge on any atom is 0.252 e. The fourth-order valence-electron chi connectivity index (χ4n) is 2.93. The minimum atomic E-state index is -0.152. The van der Waals surface area contributed by atoms with Crippen LogP contribution in [0.1, 0.15) is 42.2 Å². The Labute approximate surface area is 169 Å². The molecule has 0 aliphatic heterocycles. The lowest BCUT2D eigenvalue weighted by atomic mass is 10.0. The van der Waals surface area contributed by atoms with Gasteiger partial charge in [-0.1, -0.05) is 43.6 Å². The van der Waals surface area contributed by atoms with Crippen molar-refractivity contribution in [3.63, 3.8) is 0 Å². The van der Waals surface area contributed by atoms with Gasteiger partial charge in [0, 0.05) is 35.5 Å². The van der Waals surface area contributed by atoms with Crippen LogP contribution in [0.5, 0.6) is 0 Å². The molecule has 0 unspecified atom stereocenters. The van der Waals surface area contributed by atoms with E-state index in [1.54, 1.807) is 11.4 Å². The van der Waals surface area contributed by atoms with Crippen molar-refractivity contribution in [3.05, 3.63) is 57.2 Å². The Balaban J connectivity index is 1.87. The third kappa shape index (κ3) is 6.34. The molecule has 2 rings (SSSR count). The SMILES string of the molecule is CCN(CC)[C@H](CNC(=O)CCNC(=O)c1ccsc1)c1ccccc1Cl. The van der Waals surface area contributed by atoms with Gasteiger partial charge in [-0.05, 0) is 36.2 Å². The second-order valence-electron chi connectivity index (χ2n) is 6.08. The molecule has 0 saturated heterocycles. The Morgan fingerprint density at radius 2 is 1.89 bits per heavy atom. The lowest BCUT2D eigenvalue weighted by Crippen LogP contribution is -2.39. The molecule has 0 bridgehead atoms. The summed E-state index contributed by atoms with van der Waals surface area (Å²) in [6, 6.07) is 9.50. The molecule has 1 aromatic heterocycles. The number of nitrogens with zero attached hydrogens (tertiary/aromatic N) is 1. The average Bonchev–Trinajstić information content (AvgIpc) is 3.21. The number of hydrogen-bond acceptors (Lipinski definition) is 4. The number of thiophene rings is 1. The first-order valence-electron chi connectivity index (χ1n) is 9.12. The highest BCUT2D eigenvalue weighted by molar-refractivity contribution is 7.08. The molecule has 2 aromatic rings. The smallest absolute Gasteiger partial charge is 0.252 e. The zero-order valence-electron chi connectivity index (χ0n) is 15.7. The van der Waals surface area contributed by atoms with Gasteiger partial charge in [0.1, 0.15) is 0 Å². The molecule has 0 radical (unpaired) electrons. The van der Waals surface area contributed by atoms with Crippen molar-refractivity contribution in [2.75, 3.05) is 26.2 Å². The van der Waals surface area contributed by atoms with Crippen LogP contribution in [0, 0.1) is 0 Å². The van der Waals surface area contributed by atoms with Crippen LogP contribution >= 0.6 is 22.9 Å². The molecule has 0 aliphatic carbocycles. The monoisotopic (exact) mass is 407 g/mol. The van der Waals surface area contributed by atoms with Gasteiger partial charge in [-0.2, -0.15) is 11.3 Å². The number of amides is 2. The largest absolute Gasteiger partial charge is 0.354 e. The van der Waals surface area contributed by atoms with Crippen LogP contribution < -0.4 is 10.6 Å². The summed E-state index contributed by atoms with van der Waals surface area (Å²) in [6.45, 7) is 6.69. The van der Waals surface area contributed by atoms with Crippen LogP contribution in [-0.2, 0) is 4.79 Å². The first-order valence-corrected chi connectivity index (χ1v) is 10.4. The second kappa shape index (κ2) is 11.1. The van der Waals surface area contributed by atoms with Crippen molar-refractivity contribution >= 4 is 34.8 Å². The number of halogens is 1. The summed E-state index contributed by atoms with van der Waals surface area (Å²) >= 11 is 7.84. The molecular weight excluding hydrogens is 382 g/mol. The Morgan fingerprint density at radius 1 is 1.15 bits per heavy atom. The predicted molar refractivity (Wildman–Crippen MR) is 111 cm³/mol. The van der Waals surface area contributed by atoms with E-state index in [0.717, 1.165) is 18.7 Å². The maximum absolute atomic E-state index is 12.2. The Bertz CT molecular complexity index is 733. The summed E-state index contributed by atoms with van der Waals surface area (Å²) in [5, 5.41) is 10.1. The molecule has 27 heavy (non-hydrogen) atoms. The van der Waals surface area contributed by atoms with Crippen LogP contribution in [0.4, 0.5) is 0 Å². The van der Waals surface area contributed by atoms with Crippen molar-refractivity contribution < 1.29 is 9.59 Å². The van der Waals surface area contributed by atoms with Gasteiger partial charge in [0.05, 0.1) is 6.04 Å². The molecule has 0 spiro atoms. The molecule has 7 heteroatoms. The van der Waals surface area contributed by atoms with E-state index >= 15 is 0 Å². The van der Waals surface area contributed by atoms with E-state index in [2.05, 4.69) is 29.4 Å². The van der Waals surface area contributed by atoms with Crippen LogP contribution in [0.2, 0.25) is 5.02 Å². The minimum absolute atomic E-state index is 0.0121. The third-order valence-electron chi connectivity index (χ3n) is 4.43. The van der Waals surface area contributed by atoms with Crippen molar-refractivity contribution in [3.8, 4) is 0 Å².